The molecular formula is C21H27N3O2S. The molecule has 3 rings (SSSR count). The van der Waals surface area contributed by atoms with Gasteiger partial charge >= 0.3 is 0 Å². The van der Waals surface area contributed by atoms with E-state index in [9.17, 15) is 10.1 Å². The number of amidine groups is 1. The van der Waals surface area contributed by atoms with Crippen molar-refractivity contribution in [2.75, 3.05) is 12.3 Å². The molecule has 1 heterocycles. The lowest BCUT2D eigenvalue weighted by Crippen LogP contribution is -2.38. The fourth-order valence-corrected chi connectivity index (χ4v) is 4.92. The molecule has 1 aliphatic heterocycles. The molecule has 0 amide bonds. The Labute approximate surface area is 165 Å². The summed E-state index contributed by atoms with van der Waals surface area (Å²) in [5.41, 5.74) is 0.943. The first-order valence-electron chi connectivity index (χ1n) is 9.71. The van der Waals surface area contributed by atoms with Gasteiger partial charge in [0.25, 0.3) is 5.69 Å². The summed E-state index contributed by atoms with van der Waals surface area (Å²) in [6, 6.07) is 11.3. The largest absolute Gasteiger partial charge is 0.347 e. The summed E-state index contributed by atoms with van der Waals surface area (Å²) in [5, 5.41) is 13.9. The van der Waals surface area contributed by atoms with Crippen LogP contribution in [0, 0.1) is 16.0 Å². The van der Waals surface area contributed by atoms with Gasteiger partial charge in [0.2, 0.25) is 0 Å². The van der Waals surface area contributed by atoms with Crippen LogP contribution in [-0.4, -0.2) is 33.3 Å². The van der Waals surface area contributed by atoms with E-state index in [1.165, 1.54) is 0 Å². The molecule has 144 valence electrons. The van der Waals surface area contributed by atoms with Crippen LogP contribution in [0.15, 0.2) is 41.4 Å². The van der Waals surface area contributed by atoms with Crippen molar-refractivity contribution in [1.82, 2.24) is 4.90 Å². The predicted molar refractivity (Wildman–Crippen MR) is 115 cm³/mol. The molecule has 0 spiro atoms. The van der Waals surface area contributed by atoms with E-state index in [0.717, 1.165) is 47.8 Å². The highest BCUT2D eigenvalue weighted by atomic mass is 32.2. The highest BCUT2D eigenvalue weighted by Gasteiger charge is 2.33. The lowest BCUT2D eigenvalue weighted by atomic mass is 9.99. The molecule has 0 N–H and O–H groups in total. The number of nitrogens with zero attached hydrogens (tertiary/aromatic N) is 3. The van der Waals surface area contributed by atoms with Crippen LogP contribution < -0.4 is 0 Å². The first kappa shape index (κ1) is 19.7. The topological polar surface area (TPSA) is 58.7 Å². The molecule has 0 aliphatic carbocycles. The minimum absolute atomic E-state index is 0.133. The molecule has 0 bridgehead atoms. The van der Waals surface area contributed by atoms with Gasteiger partial charge in [-0.1, -0.05) is 63.6 Å². The smallest absolute Gasteiger partial charge is 0.277 e. The van der Waals surface area contributed by atoms with Crippen molar-refractivity contribution in [2.24, 2.45) is 10.9 Å². The zero-order chi connectivity index (χ0) is 19.4. The number of hydrogen-bond acceptors (Lipinski definition) is 4. The molecule has 0 radical (unpaired) electrons. The summed E-state index contributed by atoms with van der Waals surface area (Å²) in [6.45, 7) is 7.78. The first-order valence-corrected chi connectivity index (χ1v) is 10.7. The first-order chi connectivity index (χ1) is 13.1. The molecule has 5 nitrogen and oxygen atoms in total. The van der Waals surface area contributed by atoms with Crippen LogP contribution in [0.1, 0.15) is 40.0 Å². The quantitative estimate of drug-likeness (QED) is 0.433. The van der Waals surface area contributed by atoms with Gasteiger partial charge in [0.05, 0.1) is 16.0 Å². The summed E-state index contributed by atoms with van der Waals surface area (Å²) < 4.78 is 0. The number of unbranched alkanes of at least 4 members (excludes halogenated alkanes) is 1. The molecule has 1 fully saturated rings. The Hall–Kier alpha value is -2.08. The van der Waals surface area contributed by atoms with E-state index in [4.69, 9.17) is 4.99 Å². The van der Waals surface area contributed by atoms with Crippen LogP contribution >= 0.6 is 11.8 Å². The van der Waals surface area contributed by atoms with E-state index >= 15 is 0 Å². The molecule has 1 aliphatic rings. The molecule has 6 heteroatoms. The zero-order valence-electron chi connectivity index (χ0n) is 16.2. The van der Waals surface area contributed by atoms with Crippen LogP contribution in [0.4, 0.5) is 11.4 Å². The predicted octanol–water partition coefficient (Wildman–Crippen LogP) is 6.00. The number of rotatable bonds is 7. The van der Waals surface area contributed by atoms with Crippen molar-refractivity contribution in [3.63, 3.8) is 0 Å². The van der Waals surface area contributed by atoms with Gasteiger partial charge in [-0.2, -0.15) is 0 Å². The van der Waals surface area contributed by atoms with E-state index in [2.05, 4.69) is 25.7 Å². The van der Waals surface area contributed by atoms with Crippen LogP contribution in [-0.2, 0) is 0 Å². The Balaban J connectivity index is 2.02. The molecule has 27 heavy (non-hydrogen) atoms. The normalized spacial score (nSPS) is 19.7. The average molecular weight is 386 g/mol. The molecule has 1 saturated heterocycles. The second kappa shape index (κ2) is 8.74. The van der Waals surface area contributed by atoms with E-state index in [1.54, 1.807) is 18.2 Å². The Morgan fingerprint density at radius 2 is 2.00 bits per heavy atom. The number of nitro benzene ring substituents is 1. The second-order valence-corrected chi connectivity index (χ2v) is 8.10. The maximum atomic E-state index is 11.3. The number of thioether (sulfide) groups is 1. The van der Waals surface area contributed by atoms with Gasteiger partial charge in [-0.05, 0) is 24.5 Å². The van der Waals surface area contributed by atoms with Gasteiger partial charge in [0, 0.05) is 29.8 Å². The highest BCUT2D eigenvalue weighted by Crippen LogP contribution is 2.36. The zero-order valence-corrected chi connectivity index (χ0v) is 17.0. The van der Waals surface area contributed by atoms with Crippen LogP contribution in [0.2, 0.25) is 0 Å². The monoisotopic (exact) mass is 385 g/mol. The molecule has 2 aromatic rings. The summed E-state index contributed by atoms with van der Waals surface area (Å²) in [6.07, 6.45) is 3.46. The Bertz CT molecular complexity index is 852. The Morgan fingerprint density at radius 1 is 1.26 bits per heavy atom. The van der Waals surface area contributed by atoms with E-state index in [-0.39, 0.29) is 10.6 Å². The standard InChI is InChI=1S/C21H27N3O2S/c1-4-6-13-23-20(15(3)5-2)14-27-21(23)22-18-11-12-19(24(25)26)17-10-8-7-9-16(17)18/h7-12,15,20H,4-6,13-14H2,1-3H3. The summed E-state index contributed by atoms with van der Waals surface area (Å²) >= 11 is 1.81. The van der Waals surface area contributed by atoms with Crippen LogP contribution in [0.5, 0.6) is 0 Å². The van der Waals surface area contributed by atoms with Crippen LogP contribution in [0.3, 0.4) is 0 Å². The Kier molecular flexibility index (Phi) is 6.37. The number of benzene rings is 2. The minimum Gasteiger partial charge on any atom is -0.347 e. The van der Waals surface area contributed by atoms with Crippen molar-refractivity contribution < 1.29 is 4.92 Å². The SMILES string of the molecule is CCCCN1C(=Nc2ccc([N+](=O)[O-])c3ccccc23)SCC1C(C)CC. The van der Waals surface area contributed by atoms with Crippen molar-refractivity contribution in [3.8, 4) is 0 Å². The van der Waals surface area contributed by atoms with Gasteiger partial charge in [0.15, 0.2) is 5.17 Å². The van der Waals surface area contributed by atoms with Crippen molar-refractivity contribution in [3.05, 3.63) is 46.5 Å². The molecule has 2 unspecified atom stereocenters. The molecule has 0 aromatic heterocycles. The summed E-state index contributed by atoms with van der Waals surface area (Å²) in [5.74, 6) is 1.68. The summed E-state index contributed by atoms with van der Waals surface area (Å²) in [7, 11) is 0. The highest BCUT2D eigenvalue weighted by molar-refractivity contribution is 8.14. The van der Waals surface area contributed by atoms with Crippen molar-refractivity contribution in [2.45, 2.75) is 46.1 Å². The second-order valence-electron chi connectivity index (χ2n) is 7.11. The third kappa shape index (κ3) is 4.10. The lowest BCUT2D eigenvalue weighted by Gasteiger charge is -2.30. The van der Waals surface area contributed by atoms with E-state index < -0.39 is 0 Å². The van der Waals surface area contributed by atoms with Crippen LogP contribution in [0.25, 0.3) is 10.8 Å². The van der Waals surface area contributed by atoms with Crippen molar-refractivity contribution >= 4 is 39.1 Å². The van der Waals surface area contributed by atoms with Gasteiger partial charge in [-0.15, -0.1) is 0 Å². The fraction of sp³-hybridized carbons (Fsp3) is 0.476. The van der Waals surface area contributed by atoms with Crippen molar-refractivity contribution in [1.29, 1.82) is 0 Å². The lowest BCUT2D eigenvalue weighted by molar-refractivity contribution is -0.383. The molecular weight excluding hydrogens is 358 g/mol. The maximum Gasteiger partial charge on any atom is 0.277 e. The molecule has 2 atom stereocenters. The van der Waals surface area contributed by atoms with Gasteiger partial charge in [-0.25, -0.2) is 4.99 Å². The number of non-ortho nitro benzene ring substituents is 1. The summed E-state index contributed by atoms with van der Waals surface area (Å²) in [4.78, 5) is 18.5. The van der Waals surface area contributed by atoms with Gasteiger partial charge in [-0.3, -0.25) is 10.1 Å². The average Bonchev–Trinajstić information content (AvgIpc) is 3.08. The van der Waals surface area contributed by atoms with E-state index in [0.29, 0.717) is 17.3 Å². The fourth-order valence-electron chi connectivity index (χ4n) is 3.53. The van der Waals surface area contributed by atoms with Gasteiger partial charge in [0.1, 0.15) is 0 Å². The number of nitro groups is 1. The third-order valence-corrected chi connectivity index (χ3v) is 6.47. The molecule has 2 aromatic carbocycles. The Morgan fingerprint density at radius 3 is 2.67 bits per heavy atom. The number of fused-ring (bicyclic) bond motifs is 1. The maximum absolute atomic E-state index is 11.3. The van der Waals surface area contributed by atoms with Gasteiger partial charge < -0.3 is 4.90 Å². The van der Waals surface area contributed by atoms with E-state index in [1.807, 2.05) is 30.0 Å². The third-order valence-electron chi connectivity index (χ3n) is 5.37. The number of hydrogen-bond donors (Lipinski definition) is 0. The minimum atomic E-state index is -0.323. The number of aliphatic imine (C=N–C) groups is 1. The molecule has 0 saturated carbocycles.